The number of hydrogen-bond acceptors (Lipinski definition) is 10. The number of carbonyl (C=O) groups excluding carboxylic acids is 2. The third-order valence-electron chi connectivity index (χ3n) is 6.45. The van der Waals surface area contributed by atoms with Crippen LogP contribution in [0.25, 0.3) is 33.7 Å². The topological polar surface area (TPSA) is 136 Å². The van der Waals surface area contributed by atoms with E-state index < -0.39 is 29.3 Å². The van der Waals surface area contributed by atoms with E-state index in [1.165, 1.54) is 13.8 Å². The second kappa shape index (κ2) is 11.0. The minimum atomic E-state index is -1.26. The summed E-state index contributed by atoms with van der Waals surface area (Å²) in [7, 11) is 0. The van der Waals surface area contributed by atoms with Crippen molar-refractivity contribution in [3.63, 3.8) is 0 Å². The van der Waals surface area contributed by atoms with E-state index in [1.54, 1.807) is 6.92 Å². The smallest absolute Gasteiger partial charge is 0.335 e. The fourth-order valence-electron chi connectivity index (χ4n) is 4.84. The van der Waals surface area contributed by atoms with Gasteiger partial charge in [-0.2, -0.15) is 5.21 Å². The van der Waals surface area contributed by atoms with Crippen LogP contribution in [-0.2, 0) is 25.6 Å². The van der Waals surface area contributed by atoms with E-state index in [1.807, 2.05) is 54.3 Å². The maximum absolute atomic E-state index is 13.2. The fraction of sp³-hybridized carbons (Fsp3) is 0.333. The van der Waals surface area contributed by atoms with Gasteiger partial charge < -0.3 is 18.8 Å². The molecule has 208 valence electrons. The zero-order chi connectivity index (χ0) is 28.6. The zero-order valence-corrected chi connectivity index (χ0v) is 24.5. The molecule has 0 fully saturated rings. The van der Waals surface area contributed by atoms with Crippen LogP contribution in [0.3, 0.4) is 0 Å². The van der Waals surface area contributed by atoms with Crippen molar-refractivity contribution in [2.75, 3.05) is 0 Å². The molecule has 5 rings (SSSR count). The maximum atomic E-state index is 13.2. The first-order chi connectivity index (χ1) is 19.1. The average Bonchev–Trinajstić information content (AvgIpc) is 3.60. The van der Waals surface area contributed by atoms with E-state index in [-0.39, 0.29) is 0 Å². The van der Waals surface area contributed by atoms with Gasteiger partial charge in [0.15, 0.2) is 11.0 Å². The molecule has 3 atom stereocenters. The van der Waals surface area contributed by atoms with Crippen LogP contribution in [0.4, 0.5) is 0 Å². The molecular weight excluding hydrogens is 604 g/mol. The van der Waals surface area contributed by atoms with Crippen molar-refractivity contribution in [3.8, 4) is 22.7 Å². The molecule has 0 bridgehead atoms. The highest BCUT2D eigenvalue weighted by Crippen LogP contribution is 2.42. The van der Waals surface area contributed by atoms with Gasteiger partial charge >= 0.3 is 11.9 Å². The quantitative estimate of drug-likeness (QED) is 0.117. The van der Waals surface area contributed by atoms with Gasteiger partial charge in [0.2, 0.25) is 12.1 Å². The Morgan fingerprint density at radius 2 is 1.98 bits per heavy atom. The number of H-pyrrole nitrogens is 1. The Balaban J connectivity index is 1.47. The van der Waals surface area contributed by atoms with Gasteiger partial charge in [-0.3, -0.25) is 4.79 Å². The third-order valence-corrected chi connectivity index (χ3v) is 7.52. The van der Waals surface area contributed by atoms with E-state index in [0.29, 0.717) is 36.0 Å². The predicted molar refractivity (Wildman–Crippen MR) is 151 cm³/mol. The Bertz CT molecular complexity index is 1600. The number of nitrogens with zero attached hydrogens (tertiary/aromatic N) is 5. The maximum Gasteiger partial charge on any atom is 0.335 e. The molecule has 3 unspecified atom stereocenters. The molecule has 40 heavy (non-hydrogen) atoms. The van der Waals surface area contributed by atoms with Crippen LogP contribution in [0, 0.1) is 0 Å². The summed E-state index contributed by atoms with van der Waals surface area (Å²) in [5, 5.41) is 15.2. The van der Waals surface area contributed by atoms with Gasteiger partial charge in [0.05, 0.1) is 4.47 Å². The van der Waals surface area contributed by atoms with E-state index in [0.717, 1.165) is 26.5 Å². The third kappa shape index (κ3) is 5.33. The number of ether oxygens (including phenoxy) is 2. The van der Waals surface area contributed by atoms with E-state index in [4.69, 9.17) is 25.5 Å². The fourth-order valence-corrected chi connectivity index (χ4v) is 5.75. The van der Waals surface area contributed by atoms with Gasteiger partial charge in [0.25, 0.3) is 0 Å². The Labute approximate surface area is 243 Å². The molecule has 2 aromatic heterocycles. The number of hydrogen-bond donors (Lipinski definition) is 1. The molecule has 1 aliphatic heterocycles. The lowest BCUT2D eigenvalue weighted by Crippen LogP contribution is -2.49. The molecule has 1 aliphatic rings. The first kappa shape index (κ1) is 27.8. The SMILES string of the molecule is CCC1=NC(C)(Cl)C(C(=O)OC(C)OC(C)=O)N1Cc1ccc2oc(-c3ccccc3-c3nn[nH]n3)c(Br)c2c1. The number of furan rings is 1. The Morgan fingerprint density at radius 1 is 1.23 bits per heavy atom. The summed E-state index contributed by atoms with van der Waals surface area (Å²) in [6, 6.07) is 12.5. The number of esters is 2. The van der Waals surface area contributed by atoms with Crippen LogP contribution >= 0.6 is 27.5 Å². The molecule has 0 saturated carbocycles. The number of benzene rings is 2. The van der Waals surface area contributed by atoms with Crippen molar-refractivity contribution in [2.24, 2.45) is 4.99 Å². The number of rotatable bonds is 8. The summed E-state index contributed by atoms with van der Waals surface area (Å²) in [6.45, 7) is 6.66. The molecule has 4 aromatic rings. The normalized spacial score (nSPS) is 19.5. The molecule has 0 spiro atoms. The summed E-state index contributed by atoms with van der Waals surface area (Å²) >= 11 is 10.4. The van der Waals surface area contributed by atoms with Crippen molar-refractivity contribution in [1.29, 1.82) is 0 Å². The molecule has 0 saturated heterocycles. The van der Waals surface area contributed by atoms with Crippen molar-refractivity contribution >= 4 is 56.3 Å². The first-order valence-electron chi connectivity index (χ1n) is 12.5. The second-order valence-electron chi connectivity index (χ2n) is 9.41. The molecule has 3 heterocycles. The number of aliphatic imine (C=N–C) groups is 1. The van der Waals surface area contributed by atoms with E-state index >= 15 is 0 Å². The molecule has 0 radical (unpaired) electrons. The number of aromatic amines is 1. The molecule has 11 nitrogen and oxygen atoms in total. The van der Waals surface area contributed by atoms with Crippen LogP contribution in [0.1, 0.15) is 39.7 Å². The molecule has 1 N–H and O–H groups in total. The van der Waals surface area contributed by atoms with Crippen molar-refractivity contribution in [2.45, 2.75) is 58.0 Å². The number of alkyl halides is 1. The first-order valence-corrected chi connectivity index (χ1v) is 13.7. The number of nitrogens with one attached hydrogen (secondary N) is 1. The minimum Gasteiger partial charge on any atom is -0.455 e. The number of aromatic nitrogens is 4. The number of amidine groups is 1. The number of carbonyl (C=O) groups is 2. The Morgan fingerprint density at radius 3 is 2.65 bits per heavy atom. The number of halogens is 2. The van der Waals surface area contributed by atoms with Crippen molar-refractivity contribution in [3.05, 3.63) is 52.5 Å². The van der Waals surface area contributed by atoms with Gasteiger partial charge in [-0.15, -0.1) is 10.2 Å². The molecule has 13 heteroatoms. The van der Waals surface area contributed by atoms with Crippen molar-refractivity contribution < 1.29 is 23.5 Å². The summed E-state index contributed by atoms with van der Waals surface area (Å²) < 4.78 is 17.4. The monoisotopic (exact) mass is 628 g/mol. The van der Waals surface area contributed by atoms with Gasteiger partial charge in [-0.05, 0) is 45.8 Å². The Kier molecular flexibility index (Phi) is 7.65. The highest BCUT2D eigenvalue weighted by Gasteiger charge is 2.49. The summed E-state index contributed by atoms with van der Waals surface area (Å²) in [6.07, 6.45) is -0.503. The van der Waals surface area contributed by atoms with E-state index in [2.05, 4.69) is 41.5 Å². The lowest BCUT2D eigenvalue weighted by Gasteiger charge is -2.31. The predicted octanol–water partition coefficient (Wildman–Crippen LogP) is 5.44. The highest BCUT2D eigenvalue weighted by molar-refractivity contribution is 9.10. The molecule has 2 aromatic carbocycles. The molecule has 0 amide bonds. The van der Waals surface area contributed by atoms with Crippen LogP contribution < -0.4 is 0 Å². The van der Waals surface area contributed by atoms with Crippen LogP contribution in [0.2, 0.25) is 0 Å². The summed E-state index contributed by atoms with van der Waals surface area (Å²) in [5.74, 6) is 0.555. The Hall–Kier alpha value is -3.77. The van der Waals surface area contributed by atoms with Crippen molar-refractivity contribution in [1.82, 2.24) is 25.5 Å². The van der Waals surface area contributed by atoms with Crippen LogP contribution in [0.5, 0.6) is 0 Å². The second-order valence-corrected chi connectivity index (χ2v) is 11.0. The van der Waals surface area contributed by atoms with Gasteiger partial charge in [-0.25, -0.2) is 9.79 Å². The van der Waals surface area contributed by atoms with Gasteiger partial charge in [-0.1, -0.05) is 48.9 Å². The van der Waals surface area contributed by atoms with Gasteiger partial charge in [0, 0.05) is 43.3 Å². The highest BCUT2D eigenvalue weighted by atomic mass is 79.9. The summed E-state index contributed by atoms with van der Waals surface area (Å²) in [5.41, 5.74) is 3.14. The van der Waals surface area contributed by atoms with Crippen LogP contribution in [0.15, 0.2) is 56.3 Å². The summed E-state index contributed by atoms with van der Waals surface area (Å²) in [4.78, 5) is 29.7. The minimum absolute atomic E-state index is 0.332. The van der Waals surface area contributed by atoms with Gasteiger partial charge in [0.1, 0.15) is 17.2 Å². The van der Waals surface area contributed by atoms with E-state index in [9.17, 15) is 9.59 Å². The lowest BCUT2D eigenvalue weighted by molar-refractivity contribution is -0.186. The molecular formula is C27H26BrClN6O5. The number of fused-ring (bicyclic) bond motifs is 1. The van der Waals surface area contributed by atoms with Crippen LogP contribution in [-0.4, -0.2) is 60.6 Å². The average molecular weight is 630 g/mol. The number of tetrazole rings is 1. The zero-order valence-electron chi connectivity index (χ0n) is 22.1. The molecule has 0 aliphatic carbocycles. The lowest BCUT2D eigenvalue weighted by atomic mass is 10.0. The standard InChI is InChI=1S/C27H26BrClN6O5/c1-5-21-30-27(4,29)24(26(37)39-15(3)38-14(2)36)35(21)13-16-10-11-20-19(12-16)22(28)23(40-20)17-8-6-7-9-18(17)25-31-33-34-32-25/h6-12,15,24H,5,13H2,1-4H3,(H,31,32,33,34). The largest absolute Gasteiger partial charge is 0.455 e.